The van der Waals surface area contributed by atoms with Crippen LogP contribution >= 0.6 is 10.7 Å². The molecule has 11 heavy (non-hydrogen) atoms. The van der Waals surface area contributed by atoms with E-state index >= 15 is 0 Å². The first-order valence-corrected chi connectivity index (χ1v) is 5.79. The standard InChI is InChI=1S/C6H8ClNO2S/c7-11(9,10)5-6(4-8)2-1-3-6/h1-3,5H2. The molecule has 0 spiro atoms. The van der Waals surface area contributed by atoms with Crippen LogP contribution in [0.4, 0.5) is 0 Å². The van der Waals surface area contributed by atoms with E-state index in [1.807, 2.05) is 6.07 Å². The lowest BCUT2D eigenvalue weighted by Gasteiger charge is -2.33. The molecule has 0 atom stereocenters. The van der Waals surface area contributed by atoms with Crippen LogP contribution in [-0.4, -0.2) is 14.2 Å². The van der Waals surface area contributed by atoms with Crippen molar-refractivity contribution in [2.24, 2.45) is 5.41 Å². The third kappa shape index (κ3) is 2.08. The van der Waals surface area contributed by atoms with Gasteiger partial charge < -0.3 is 0 Å². The SMILES string of the molecule is N#CC1(CS(=O)(=O)Cl)CCC1. The molecular weight excluding hydrogens is 186 g/mol. The van der Waals surface area contributed by atoms with Crippen molar-refractivity contribution in [3.63, 3.8) is 0 Å². The number of rotatable bonds is 2. The molecule has 0 aromatic rings. The van der Waals surface area contributed by atoms with Gasteiger partial charge in [-0.25, -0.2) is 8.42 Å². The third-order valence-electron chi connectivity index (χ3n) is 2.00. The summed E-state index contributed by atoms with van der Waals surface area (Å²) >= 11 is 0. The van der Waals surface area contributed by atoms with Crippen LogP contribution in [0.1, 0.15) is 19.3 Å². The van der Waals surface area contributed by atoms with E-state index in [1.54, 1.807) is 0 Å². The Morgan fingerprint density at radius 3 is 2.18 bits per heavy atom. The number of nitriles is 1. The average Bonchev–Trinajstić information content (AvgIpc) is 1.77. The van der Waals surface area contributed by atoms with Crippen LogP contribution in [0.15, 0.2) is 0 Å². The normalized spacial score (nSPS) is 21.8. The van der Waals surface area contributed by atoms with E-state index in [0.29, 0.717) is 12.8 Å². The lowest BCUT2D eigenvalue weighted by molar-refractivity contribution is 0.248. The van der Waals surface area contributed by atoms with Gasteiger partial charge in [0.1, 0.15) is 0 Å². The van der Waals surface area contributed by atoms with Gasteiger partial charge in [0.2, 0.25) is 9.05 Å². The predicted molar refractivity (Wildman–Crippen MR) is 41.5 cm³/mol. The summed E-state index contributed by atoms with van der Waals surface area (Å²) in [5.41, 5.74) is -0.666. The van der Waals surface area contributed by atoms with E-state index < -0.39 is 14.5 Å². The van der Waals surface area contributed by atoms with E-state index in [1.165, 1.54) is 0 Å². The molecule has 0 radical (unpaired) electrons. The predicted octanol–water partition coefficient (Wildman–Crippen LogP) is 1.25. The number of nitrogens with zero attached hydrogens (tertiary/aromatic N) is 1. The molecule has 62 valence electrons. The number of halogens is 1. The summed E-state index contributed by atoms with van der Waals surface area (Å²) in [6.07, 6.45) is 2.25. The summed E-state index contributed by atoms with van der Waals surface area (Å²) in [7, 11) is 1.53. The second-order valence-electron chi connectivity index (χ2n) is 2.93. The molecule has 0 N–H and O–H groups in total. The fraction of sp³-hybridized carbons (Fsp3) is 0.833. The molecule has 0 saturated heterocycles. The van der Waals surface area contributed by atoms with Crippen LogP contribution < -0.4 is 0 Å². The largest absolute Gasteiger partial charge is 0.234 e. The Bertz CT molecular complexity index is 286. The summed E-state index contributed by atoms with van der Waals surface area (Å²) in [6, 6.07) is 2.01. The quantitative estimate of drug-likeness (QED) is 0.621. The van der Waals surface area contributed by atoms with Gasteiger partial charge >= 0.3 is 0 Å². The van der Waals surface area contributed by atoms with Crippen molar-refractivity contribution in [3.05, 3.63) is 0 Å². The van der Waals surface area contributed by atoms with Gasteiger partial charge in [-0.3, -0.25) is 0 Å². The van der Waals surface area contributed by atoms with Crippen molar-refractivity contribution < 1.29 is 8.42 Å². The smallest absolute Gasteiger partial charge is 0.212 e. The second-order valence-corrected chi connectivity index (χ2v) is 5.71. The Morgan fingerprint density at radius 1 is 1.55 bits per heavy atom. The van der Waals surface area contributed by atoms with Crippen LogP contribution in [0.25, 0.3) is 0 Å². The summed E-state index contributed by atoms with van der Waals surface area (Å²) in [4.78, 5) is 0. The lowest BCUT2D eigenvalue weighted by atomic mass is 9.72. The van der Waals surface area contributed by atoms with Gasteiger partial charge in [0.15, 0.2) is 0 Å². The minimum Gasteiger partial charge on any atom is -0.212 e. The Labute approximate surface area is 70.4 Å². The molecule has 0 amide bonds. The highest BCUT2D eigenvalue weighted by Gasteiger charge is 2.40. The topological polar surface area (TPSA) is 57.9 Å². The Morgan fingerprint density at radius 2 is 2.09 bits per heavy atom. The first-order chi connectivity index (χ1) is 4.97. The summed E-state index contributed by atoms with van der Waals surface area (Å²) in [5.74, 6) is -0.196. The molecule has 0 heterocycles. The molecule has 3 nitrogen and oxygen atoms in total. The highest BCUT2D eigenvalue weighted by Crippen LogP contribution is 2.41. The minimum atomic E-state index is -3.51. The van der Waals surface area contributed by atoms with Crippen molar-refractivity contribution in [1.82, 2.24) is 0 Å². The van der Waals surface area contributed by atoms with Gasteiger partial charge in [-0.2, -0.15) is 5.26 Å². The molecule has 0 unspecified atom stereocenters. The van der Waals surface area contributed by atoms with Crippen molar-refractivity contribution in [3.8, 4) is 6.07 Å². The Hall–Kier alpha value is -0.270. The van der Waals surface area contributed by atoms with Crippen molar-refractivity contribution in [2.45, 2.75) is 19.3 Å². The zero-order valence-electron chi connectivity index (χ0n) is 5.88. The first-order valence-electron chi connectivity index (χ1n) is 3.31. The molecule has 1 aliphatic rings. The summed E-state index contributed by atoms with van der Waals surface area (Å²) in [5, 5.41) is 8.63. The van der Waals surface area contributed by atoms with Crippen molar-refractivity contribution in [2.75, 3.05) is 5.75 Å². The molecule has 0 bridgehead atoms. The summed E-state index contributed by atoms with van der Waals surface area (Å²) < 4.78 is 21.2. The van der Waals surface area contributed by atoms with Gasteiger partial charge in [-0.1, -0.05) is 6.42 Å². The lowest BCUT2D eigenvalue weighted by Crippen LogP contribution is -2.33. The maximum absolute atomic E-state index is 10.6. The minimum absolute atomic E-state index is 0.196. The van der Waals surface area contributed by atoms with Crippen LogP contribution in [0.2, 0.25) is 0 Å². The van der Waals surface area contributed by atoms with Crippen LogP contribution in [0.3, 0.4) is 0 Å². The second kappa shape index (κ2) is 2.65. The molecule has 1 rings (SSSR count). The molecule has 1 saturated carbocycles. The highest BCUT2D eigenvalue weighted by atomic mass is 35.7. The van der Waals surface area contributed by atoms with Gasteiger partial charge in [-0.05, 0) is 12.8 Å². The van der Waals surface area contributed by atoms with Gasteiger partial charge in [0, 0.05) is 10.7 Å². The monoisotopic (exact) mass is 193 g/mol. The van der Waals surface area contributed by atoms with E-state index in [0.717, 1.165) is 6.42 Å². The fourth-order valence-corrected chi connectivity index (χ4v) is 2.86. The van der Waals surface area contributed by atoms with E-state index in [4.69, 9.17) is 15.9 Å². The molecule has 0 aliphatic heterocycles. The van der Waals surface area contributed by atoms with Crippen molar-refractivity contribution >= 4 is 19.7 Å². The van der Waals surface area contributed by atoms with Crippen LogP contribution in [0, 0.1) is 16.7 Å². The van der Waals surface area contributed by atoms with Crippen LogP contribution in [-0.2, 0) is 9.05 Å². The average molecular weight is 194 g/mol. The zero-order valence-corrected chi connectivity index (χ0v) is 7.45. The van der Waals surface area contributed by atoms with E-state index in [-0.39, 0.29) is 5.75 Å². The fourth-order valence-electron chi connectivity index (χ4n) is 1.22. The Kier molecular flexibility index (Phi) is 2.13. The molecular formula is C6H8ClNO2S. The highest BCUT2D eigenvalue weighted by molar-refractivity contribution is 8.13. The molecule has 0 aromatic carbocycles. The van der Waals surface area contributed by atoms with Gasteiger partial charge in [0.05, 0.1) is 17.2 Å². The van der Waals surface area contributed by atoms with Gasteiger partial charge in [0.25, 0.3) is 0 Å². The van der Waals surface area contributed by atoms with Gasteiger partial charge in [-0.15, -0.1) is 0 Å². The van der Waals surface area contributed by atoms with E-state index in [9.17, 15) is 8.42 Å². The maximum Gasteiger partial charge on any atom is 0.234 e. The van der Waals surface area contributed by atoms with E-state index in [2.05, 4.69) is 0 Å². The number of hydrogen-bond acceptors (Lipinski definition) is 3. The maximum atomic E-state index is 10.6. The molecule has 1 fully saturated rings. The Balaban J connectivity index is 2.69. The molecule has 0 aromatic heterocycles. The first kappa shape index (κ1) is 8.82. The zero-order chi connectivity index (χ0) is 8.54. The van der Waals surface area contributed by atoms with Crippen LogP contribution in [0.5, 0.6) is 0 Å². The number of hydrogen-bond donors (Lipinski definition) is 0. The molecule has 5 heteroatoms. The molecule has 1 aliphatic carbocycles. The third-order valence-corrected chi connectivity index (χ3v) is 3.22. The summed E-state index contributed by atoms with van der Waals surface area (Å²) in [6.45, 7) is 0. The van der Waals surface area contributed by atoms with Crippen molar-refractivity contribution in [1.29, 1.82) is 5.26 Å².